The van der Waals surface area contributed by atoms with Gasteiger partial charge in [-0.25, -0.2) is 14.8 Å². The van der Waals surface area contributed by atoms with Gasteiger partial charge >= 0.3 is 6.09 Å². The zero-order chi connectivity index (χ0) is 28.5. The van der Waals surface area contributed by atoms with Crippen LogP contribution in [0, 0.1) is 11.8 Å². The maximum absolute atomic E-state index is 13.4. The van der Waals surface area contributed by atoms with Crippen molar-refractivity contribution < 1.29 is 19.1 Å². The number of methoxy groups -OCH3 is 1. The van der Waals surface area contributed by atoms with Gasteiger partial charge in [0.05, 0.1) is 23.4 Å². The number of anilines is 1. The van der Waals surface area contributed by atoms with Crippen molar-refractivity contribution in [3.63, 3.8) is 0 Å². The molecule has 0 radical (unpaired) electrons. The summed E-state index contributed by atoms with van der Waals surface area (Å²) in [5.41, 5.74) is 2.43. The summed E-state index contributed by atoms with van der Waals surface area (Å²) >= 11 is 0. The molecule has 1 aliphatic rings. The van der Waals surface area contributed by atoms with E-state index in [0.29, 0.717) is 49.3 Å². The molecule has 0 saturated heterocycles. The fourth-order valence-electron chi connectivity index (χ4n) is 4.96. The van der Waals surface area contributed by atoms with Crippen molar-refractivity contribution in [1.29, 1.82) is 0 Å². The molecule has 0 unspecified atom stereocenters. The van der Waals surface area contributed by atoms with Crippen molar-refractivity contribution in [3.05, 3.63) is 54.2 Å². The Labute approximate surface area is 236 Å². The van der Waals surface area contributed by atoms with Gasteiger partial charge in [0, 0.05) is 43.9 Å². The lowest BCUT2D eigenvalue weighted by atomic mass is 9.82. The third-order valence-corrected chi connectivity index (χ3v) is 7.08. The lowest BCUT2D eigenvalue weighted by Gasteiger charge is -2.29. The van der Waals surface area contributed by atoms with E-state index in [0.717, 1.165) is 48.0 Å². The first-order valence-electron chi connectivity index (χ1n) is 14.1. The van der Waals surface area contributed by atoms with Crippen LogP contribution in [0.3, 0.4) is 0 Å². The SMILES string of the molecule is COCCNc1ccc(-c2cc(C(=O)NCC3CCC(CNC(=O)OC(C)(C)C)CC3)c3ccccc3n2)cn1. The number of amides is 2. The van der Waals surface area contributed by atoms with E-state index in [1.54, 1.807) is 13.3 Å². The molecule has 1 saturated carbocycles. The second-order valence-electron chi connectivity index (χ2n) is 11.4. The standard InChI is InChI=1S/C31H41N5O4/c1-31(2,3)40-30(38)35-19-22-11-9-21(10-12-22)18-34-29(37)25-17-27(36-26-8-6-5-7-24(25)26)23-13-14-28(33-20-23)32-15-16-39-4/h5-8,13-14,17,20-22H,9-12,15-16,18-19H2,1-4H3,(H,32,33)(H,34,37)(H,35,38). The summed E-state index contributed by atoms with van der Waals surface area (Å²) in [6.45, 7) is 8.10. The average molecular weight is 548 g/mol. The predicted molar refractivity (Wildman–Crippen MR) is 157 cm³/mol. The van der Waals surface area contributed by atoms with Crippen LogP contribution in [-0.4, -0.2) is 60.9 Å². The Morgan fingerprint density at radius 2 is 1.68 bits per heavy atom. The number of carbonyl (C=O) groups excluding carboxylic acids is 2. The average Bonchev–Trinajstić information content (AvgIpc) is 2.94. The first-order valence-corrected chi connectivity index (χ1v) is 14.1. The number of rotatable bonds is 10. The Hall–Kier alpha value is -3.72. The molecule has 1 aliphatic carbocycles. The van der Waals surface area contributed by atoms with E-state index in [1.807, 2.05) is 63.2 Å². The molecule has 2 amide bonds. The normalized spacial score (nSPS) is 17.3. The van der Waals surface area contributed by atoms with Crippen LogP contribution in [0.25, 0.3) is 22.2 Å². The number of fused-ring (bicyclic) bond motifs is 1. The molecule has 1 fully saturated rings. The Morgan fingerprint density at radius 3 is 2.33 bits per heavy atom. The highest BCUT2D eigenvalue weighted by atomic mass is 16.6. The van der Waals surface area contributed by atoms with E-state index >= 15 is 0 Å². The maximum atomic E-state index is 13.4. The third-order valence-electron chi connectivity index (χ3n) is 7.08. The van der Waals surface area contributed by atoms with Gasteiger partial charge in [0.15, 0.2) is 0 Å². The largest absolute Gasteiger partial charge is 0.444 e. The van der Waals surface area contributed by atoms with E-state index in [1.165, 1.54) is 0 Å². The number of para-hydroxylation sites is 1. The molecule has 4 rings (SSSR count). The highest BCUT2D eigenvalue weighted by molar-refractivity contribution is 6.07. The molecule has 2 heterocycles. The van der Waals surface area contributed by atoms with Crippen LogP contribution < -0.4 is 16.0 Å². The van der Waals surface area contributed by atoms with E-state index in [2.05, 4.69) is 20.9 Å². The third kappa shape index (κ3) is 8.39. The van der Waals surface area contributed by atoms with E-state index < -0.39 is 5.60 Å². The number of hydrogen-bond acceptors (Lipinski definition) is 7. The van der Waals surface area contributed by atoms with Gasteiger partial charge in [0.25, 0.3) is 5.91 Å². The van der Waals surface area contributed by atoms with Gasteiger partial charge in [-0.15, -0.1) is 0 Å². The summed E-state index contributed by atoms with van der Waals surface area (Å²) in [4.78, 5) is 34.6. The molecular weight excluding hydrogens is 506 g/mol. The summed E-state index contributed by atoms with van der Waals surface area (Å²) in [5, 5.41) is 10.1. The molecule has 214 valence electrons. The Balaban J connectivity index is 1.35. The lowest BCUT2D eigenvalue weighted by molar-refractivity contribution is 0.0512. The molecule has 1 aromatic carbocycles. The van der Waals surface area contributed by atoms with Crippen LogP contribution in [-0.2, 0) is 9.47 Å². The first-order chi connectivity index (χ1) is 19.2. The minimum atomic E-state index is -0.496. The number of carbonyl (C=O) groups is 2. The summed E-state index contributed by atoms with van der Waals surface area (Å²) in [7, 11) is 1.66. The van der Waals surface area contributed by atoms with Gasteiger partial charge in [-0.2, -0.15) is 0 Å². The quantitative estimate of drug-likeness (QED) is 0.291. The van der Waals surface area contributed by atoms with Crippen LogP contribution in [0.5, 0.6) is 0 Å². The van der Waals surface area contributed by atoms with Gasteiger partial charge in [-0.1, -0.05) is 18.2 Å². The molecule has 0 aliphatic heterocycles. The van der Waals surface area contributed by atoms with Gasteiger partial charge < -0.3 is 25.4 Å². The number of nitrogens with one attached hydrogen (secondary N) is 3. The summed E-state index contributed by atoms with van der Waals surface area (Å²) in [5.74, 6) is 1.51. The lowest BCUT2D eigenvalue weighted by Crippen LogP contribution is -2.37. The number of hydrogen-bond donors (Lipinski definition) is 3. The first kappa shape index (κ1) is 29.3. The smallest absolute Gasteiger partial charge is 0.407 e. The van der Waals surface area contributed by atoms with Crippen molar-refractivity contribution in [3.8, 4) is 11.3 Å². The zero-order valence-electron chi connectivity index (χ0n) is 24.0. The summed E-state index contributed by atoms with van der Waals surface area (Å²) < 4.78 is 10.4. The van der Waals surface area contributed by atoms with Crippen molar-refractivity contribution in [2.24, 2.45) is 11.8 Å². The molecule has 0 bridgehead atoms. The van der Waals surface area contributed by atoms with Gasteiger partial charge in [-0.05, 0) is 82.6 Å². The highest BCUT2D eigenvalue weighted by Crippen LogP contribution is 2.29. The fourth-order valence-corrected chi connectivity index (χ4v) is 4.96. The Bertz CT molecular complexity index is 1280. The fraction of sp³-hybridized carbons (Fsp3) is 0.484. The molecular formula is C31H41N5O4. The number of benzene rings is 1. The molecule has 9 nitrogen and oxygen atoms in total. The number of ether oxygens (including phenoxy) is 2. The molecule has 9 heteroatoms. The van der Waals surface area contributed by atoms with E-state index in [9.17, 15) is 9.59 Å². The molecule has 0 atom stereocenters. The van der Waals surface area contributed by atoms with E-state index in [-0.39, 0.29) is 12.0 Å². The van der Waals surface area contributed by atoms with Crippen LogP contribution in [0.1, 0.15) is 56.8 Å². The van der Waals surface area contributed by atoms with Crippen molar-refractivity contribution in [2.45, 2.75) is 52.1 Å². The predicted octanol–water partition coefficient (Wildman–Crippen LogP) is 5.42. The van der Waals surface area contributed by atoms with Gasteiger partial charge in [0.1, 0.15) is 11.4 Å². The maximum Gasteiger partial charge on any atom is 0.407 e. The highest BCUT2D eigenvalue weighted by Gasteiger charge is 2.24. The van der Waals surface area contributed by atoms with E-state index in [4.69, 9.17) is 14.5 Å². The van der Waals surface area contributed by atoms with Crippen LogP contribution in [0.2, 0.25) is 0 Å². The Morgan fingerprint density at radius 1 is 0.975 bits per heavy atom. The minimum Gasteiger partial charge on any atom is -0.444 e. The van der Waals surface area contributed by atoms with Crippen molar-refractivity contribution >= 4 is 28.7 Å². The number of pyridine rings is 2. The molecule has 0 spiro atoms. The van der Waals surface area contributed by atoms with Crippen LogP contribution in [0.15, 0.2) is 48.7 Å². The number of alkyl carbamates (subject to hydrolysis) is 1. The zero-order valence-corrected chi connectivity index (χ0v) is 24.0. The minimum absolute atomic E-state index is 0.0978. The molecule has 3 N–H and O–H groups in total. The van der Waals surface area contributed by atoms with Crippen molar-refractivity contribution in [2.75, 3.05) is 38.7 Å². The molecule has 3 aromatic rings. The van der Waals surface area contributed by atoms with Crippen molar-refractivity contribution in [1.82, 2.24) is 20.6 Å². The second kappa shape index (κ2) is 13.6. The second-order valence-corrected chi connectivity index (χ2v) is 11.4. The van der Waals surface area contributed by atoms with Crippen LogP contribution in [0.4, 0.5) is 10.6 Å². The monoisotopic (exact) mass is 547 g/mol. The number of nitrogens with zero attached hydrogens (tertiary/aromatic N) is 2. The number of aromatic nitrogens is 2. The summed E-state index contributed by atoms with van der Waals surface area (Å²) in [6, 6.07) is 13.4. The topological polar surface area (TPSA) is 114 Å². The van der Waals surface area contributed by atoms with Crippen LogP contribution >= 0.6 is 0 Å². The Kier molecular flexibility index (Phi) is 9.93. The summed E-state index contributed by atoms with van der Waals surface area (Å²) in [6.07, 6.45) is 5.46. The van der Waals surface area contributed by atoms with Gasteiger partial charge in [-0.3, -0.25) is 4.79 Å². The molecule has 2 aromatic heterocycles. The van der Waals surface area contributed by atoms with Gasteiger partial charge in [0.2, 0.25) is 0 Å². The molecule has 40 heavy (non-hydrogen) atoms.